The van der Waals surface area contributed by atoms with Crippen molar-refractivity contribution >= 4 is 40.2 Å². The second-order valence-corrected chi connectivity index (χ2v) is 7.38. The third kappa shape index (κ3) is 6.28. The topological polar surface area (TPSA) is 105 Å². The van der Waals surface area contributed by atoms with E-state index in [1.165, 1.54) is 23.1 Å². The fraction of sp³-hybridized carbons (Fsp3) is 0.375. The number of carbonyl (C=O) groups excluding carboxylic acids is 2. The summed E-state index contributed by atoms with van der Waals surface area (Å²) in [6.45, 7) is 3.40. The summed E-state index contributed by atoms with van der Waals surface area (Å²) in [5, 5.41) is 16.2. The Morgan fingerprint density at radius 3 is 2.73 bits per heavy atom. The molecule has 2 rings (SSSR count). The summed E-state index contributed by atoms with van der Waals surface area (Å²) < 4.78 is 5.61. The van der Waals surface area contributed by atoms with E-state index in [1.54, 1.807) is 14.0 Å². The Kier molecular flexibility index (Phi) is 8.32. The van der Waals surface area contributed by atoms with Crippen molar-refractivity contribution in [1.29, 1.82) is 0 Å². The molecule has 1 aromatic heterocycles. The number of urea groups is 1. The smallest absolute Gasteiger partial charge is 0.321 e. The molecule has 26 heavy (non-hydrogen) atoms. The second kappa shape index (κ2) is 10.7. The zero-order valence-corrected chi connectivity index (χ0v) is 16.2. The first-order valence-corrected chi connectivity index (χ1v) is 9.70. The van der Waals surface area contributed by atoms with Crippen molar-refractivity contribution in [3.05, 3.63) is 35.9 Å². The van der Waals surface area contributed by atoms with Gasteiger partial charge in [0.15, 0.2) is 4.34 Å². The van der Waals surface area contributed by atoms with Crippen LogP contribution in [0.5, 0.6) is 0 Å². The van der Waals surface area contributed by atoms with Crippen LogP contribution in [0, 0.1) is 0 Å². The second-order valence-electron chi connectivity index (χ2n) is 5.05. The summed E-state index contributed by atoms with van der Waals surface area (Å²) in [6.07, 6.45) is 0. The van der Waals surface area contributed by atoms with E-state index in [1.807, 2.05) is 30.3 Å². The van der Waals surface area contributed by atoms with Gasteiger partial charge in [-0.1, -0.05) is 53.4 Å². The van der Waals surface area contributed by atoms with Crippen LogP contribution < -0.4 is 16.0 Å². The summed E-state index contributed by atoms with van der Waals surface area (Å²) in [5.74, 6) is -0.406. The molecule has 0 unspecified atom stereocenters. The number of anilines is 1. The predicted molar refractivity (Wildman–Crippen MR) is 103 cm³/mol. The number of thioether (sulfide) groups is 1. The van der Waals surface area contributed by atoms with Gasteiger partial charge in [-0.2, -0.15) is 0 Å². The first-order chi connectivity index (χ1) is 12.6. The van der Waals surface area contributed by atoms with Gasteiger partial charge in [-0.25, -0.2) is 4.79 Å². The standard InChI is InChI=1S/C16H21N5O3S2/c1-3-17-14(23)19-13(22)12(11-7-5-4-6-8-11)25-16-21-20-15(26-16)18-9-10-24-2/h4-8,12H,3,9-10H2,1-2H3,(H,18,20)(H2,17,19,22,23)/t12-/m1/s1. The number of ether oxygens (including phenoxy) is 1. The van der Waals surface area contributed by atoms with Gasteiger partial charge in [-0.15, -0.1) is 10.2 Å². The van der Waals surface area contributed by atoms with Gasteiger partial charge in [0.2, 0.25) is 11.0 Å². The van der Waals surface area contributed by atoms with E-state index in [0.717, 1.165) is 5.56 Å². The van der Waals surface area contributed by atoms with E-state index in [2.05, 4.69) is 26.1 Å². The number of aromatic nitrogens is 2. The number of rotatable bonds is 9. The van der Waals surface area contributed by atoms with Crippen LogP contribution in [0.3, 0.4) is 0 Å². The molecule has 0 fully saturated rings. The van der Waals surface area contributed by atoms with Crippen LogP contribution >= 0.6 is 23.1 Å². The molecular weight excluding hydrogens is 374 g/mol. The maximum atomic E-state index is 12.6. The van der Waals surface area contributed by atoms with Gasteiger partial charge in [-0.05, 0) is 12.5 Å². The minimum Gasteiger partial charge on any atom is -0.383 e. The molecular formula is C16H21N5O3S2. The van der Waals surface area contributed by atoms with Crippen LogP contribution in [0.25, 0.3) is 0 Å². The van der Waals surface area contributed by atoms with Crippen LogP contribution in [-0.2, 0) is 9.53 Å². The average Bonchev–Trinajstić information content (AvgIpc) is 3.08. The Hall–Kier alpha value is -2.17. The van der Waals surface area contributed by atoms with Crippen molar-refractivity contribution in [3.8, 4) is 0 Å². The lowest BCUT2D eigenvalue weighted by Gasteiger charge is -2.15. The van der Waals surface area contributed by atoms with E-state index >= 15 is 0 Å². The summed E-state index contributed by atoms with van der Waals surface area (Å²) in [5.41, 5.74) is 0.781. The normalized spacial score (nSPS) is 11.6. The first-order valence-electron chi connectivity index (χ1n) is 8.00. The van der Waals surface area contributed by atoms with E-state index in [0.29, 0.717) is 29.2 Å². The van der Waals surface area contributed by atoms with Crippen molar-refractivity contribution in [2.75, 3.05) is 32.1 Å². The molecule has 0 bridgehead atoms. The molecule has 8 nitrogen and oxygen atoms in total. The molecule has 2 aromatic rings. The molecule has 1 heterocycles. The maximum absolute atomic E-state index is 12.6. The monoisotopic (exact) mass is 395 g/mol. The first kappa shape index (κ1) is 20.1. The Balaban J connectivity index is 2.09. The third-order valence-corrected chi connectivity index (χ3v) is 5.34. The summed E-state index contributed by atoms with van der Waals surface area (Å²) in [7, 11) is 1.63. The molecule has 3 amide bonds. The molecule has 140 valence electrons. The number of amides is 3. The molecule has 0 saturated heterocycles. The molecule has 1 atom stereocenters. The summed E-state index contributed by atoms with van der Waals surface area (Å²) in [4.78, 5) is 24.3. The zero-order valence-electron chi connectivity index (χ0n) is 14.5. The highest BCUT2D eigenvalue weighted by molar-refractivity contribution is 8.01. The van der Waals surface area contributed by atoms with Gasteiger partial charge in [0.25, 0.3) is 0 Å². The number of imide groups is 1. The Morgan fingerprint density at radius 1 is 1.27 bits per heavy atom. The SMILES string of the molecule is CCNC(=O)NC(=O)[C@H](Sc1nnc(NCCOC)s1)c1ccccc1. The molecule has 0 aliphatic heterocycles. The van der Waals surface area contributed by atoms with Crippen LogP contribution in [0.15, 0.2) is 34.7 Å². The number of hydrogen-bond acceptors (Lipinski definition) is 8. The number of hydrogen-bond donors (Lipinski definition) is 3. The quantitative estimate of drug-likeness (QED) is 0.442. The van der Waals surface area contributed by atoms with Crippen molar-refractivity contribution in [1.82, 2.24) is 20.8 Å². The van der Waals surface area contributed by atoms with E-state index in [-0.39, 0.29) is 0 Å². The van der Waals surface area contributed by atoms with E-state index < -0.39 is 17.2 Å². The average molecular weight is 396 g/mol. The minimum absolute atomic E-state index is 0.406. The predicted octanol–water partition coefficient (Wildman–Crippen LogP) is 2.28. The van der Waals surface area contributed by atoms with Crippen molar-refractivity contribution in [3.63, 3.8) is 0 Å². The molecule has 0 aliphatic carbocycles. The Labute approximate surface area is 160 Å². The van der Waals surface area contributed by atoms with Crippen molar-refractivity contribution < 1.29 is 14.3 Å². The fourth-order valence-corrected chi connectivity index (χ4v) is 3.94. The lowest BCUT2D eigenvalue weighted by Crippen LogP contribution is -2.41. The van der Waals surface area contributed by atoms with E-state index in [9.17, 15) is 9.59 Å². The highest BCUT2D eigenvalue weighted by atomic mass is 32.2. The van der Waals surface area contributed by atoms with Crippen LogP contribution in [-0.4, -0.2) is 48.9 Å². The molecule has 1 aromatic carbocycles. The largest absolute Gasteiger partial charge is 0.383 e. The van der Waals surface area contributed by atoms with Crippen molar-refractivity contribution in [2.45, 2.75) is 16.5 Å². The van der Waals surface area contributed by atoms with Gasteiger partial charge in [0, 0.05) is 20.2 Å². The highest BCUT2D eigenvalue weighted by Gasteiger charge is 2.25. The van der Waals surface area contributed by atoms with Gasteiger partial charge < -0.3 is 15.4 Å². The molecule has 3 N–H and O–H groups in total. The number of carbonyl (C=O) groups is 2. The summed E-state index contributed by atoms with van der Waals surface area (Å²) in [6, 6.07) is 8.73. The lowest BCUT2D eigenvalue weighted by atomic mass is 10.1. The number of benzene rings is 1. The summed E-state index contributed by atoms with van der Waals surface area (Å²) >= 11 is 2.60. The number of nitrogens with one attached hydrogen (secondary N) is 3. The number of methoxy groups -OCH3 is 1. The Morgan fingerprint density at radius 2 is 2.04 bits per heavy atom. The Bertz CT molecular complexity index is 711. The van der Waals surface area contributed by atoms with E-state index in [4.69, 9.17) is 4.74 Å². The molecule has 0 saturated carbocycles. The van der Waals surface area contributed by atoms with Crippen LogP contribution in [0.2, 0.25) is 0 Å². The molecule has 0 radical (unpaired) electrons. The molecule has 10 heteroatoms. The molecule has 0 spiro atoms. The maximum Gasteiger partial charge on any atom is 0.321 e. The fourth-order valence-electron chi connectivity index (χ4n) is 1.97. The van der Waals surface area contributed by atoms with Gasteiger partial charge in [0.1, 0.15) is 5.25 Å². The zero-order chi connectivity index (χ0) is 18.8. The van der Waals surface area contributed by atoms with Gasteiger partial charge >= 0.3 is 6.03 Å². The number of nitrogens with zero attached hydrogens (tertiary/aromatic N) is 2. The third-order valence-electron chi connectivity index (χ3n) is 3.12. The van der Waals surface area contributed by atoms with Gasteiger partial charge in [0.05, 0.1) is 6.61 Å². The minimum atomic E-state index is -0.612. The highest BCUT2D eigenvalue weighted by Crippen LogP contribution is 2.37. The lowest BCUT2D eigenvalue weighted by molar-refractivity contribution is -0.119. The van der Waals surface area contributed by atoms with Gasteiger partial charge in [-0.3, -0.25) is 10.1 Å². The van der Waals surface area contributed by atoms with Crippen LogP contribution in [0.1, 0.15) is 17.7 Å². The van der Waals surface area contributed by atoms with Crippen molar-refractivity contribution in [2.24, 2.45) is 0 Å². The molecule has 0 aliphatic rings. The van der Waals surface area contributed by atoms with Crippen LogP contribution in [0.4, 0.5) is 9.93 Å².